The van der Waals surface area contributed by atoms with Gasteiger partial charge in [0.2, 0.25) is 0 Å². The second-order valence-electron chi connectivity index (χ2n) is 5.49. The van der Waals surface area contributed by atoms with E-state index in [1.807, 2.05) is 13.8 Å². The molecule has 5 heteroatoms. The average molecular weight is 272 g/mol. The van der Waals surface area contributed by atoms with Gasteiger partial charge >= 0.3 is 0 Å². The summed E-state index contributed by atoms with van der Waals surface area (Å²) in [5, 5.41) is 3.32. The largest absolute Gasteiger partial charge is 0.366 e. The standard InChI is InChI=1S/C14H19F3N2/c1-9-5-18-6-10(2)8-19(7-9)14-12(16)3-11(15)4-13(14)17/h3-4,9-10,18H,5-8H2,1-2H3. The summed E-state index contributed by atoms with van der Waals surface area (Å²) < 4.78 is 40.7. The SMILES string of the molecule is CC1CNCC(C)CN(c2c(F)cc(F)cc2F)C1. The molecule has 19 heavy (non-hydrogen) atoms. The van der Waals surface area contributed by atoms with E-state index in [1.54, 1.807) is 4.90 Å². The fraction of sp³-hybridized carbons (Fsp3) is 0.571. The van der Waals surface area contributed by atoms with E-state index in [4.69, 9.17) is 0 Å². The maximum Gasteiger partial charge on any atom is 0.152 e. The Balaban J connectivity index is 2.31. The average Bonchev–Trinajstić information content (AvgIpc) is 2.24. The molecule has 1 aliphatic rings. The molecule has 1 saturated heterocycles. The van der Waals surface area contributed by atoms with Crippen molar-refractivity contribution in [2.75, 3.05) is 31.1 Å². The van der Waals surface area contributed by atoms with Crippen LogP contribution in [0.25, 0.3) is 0 Å². The highest BCUT2D eigenvalue weighted by molar-refractivity contribution is 5.49. The molecule has 2 rings (SSSR count). The molecule has 1 aliphatic heterocycles. The molecule has 1 fully saturated rings. The van der Waals surface area contributed by atoms with E-state index < -0.39 is 17.5 Å². The molecule has 1 aromatic rings. The van der Waals surface area contributed by atoms with Crippen molar-refractivity contribution in [2.24, 2.45) is 11.8 Å². The highest BCUT2D eigenvalue weighted by Crippen LogP contribution is 2.26. The number of halogens is 3. The summed E-state index contributed by atoms with van der Waals surface area (Å²) in [5.41, 5.74) is -0.109. The molecule has 2 atom stereocenters. The minimum Gasteiger partial charge on any atom is -0.366 e. The van der Waals surface area contributed by atoms with Crippen molar-refractivity contribution in [3.63, 3.8) is 0 Å². The molecule has 2 unspecified atom stereocenters. The molecule has 1 heterocycles. The lowest BCUT2D eigenvalue weighted by Crippen LogP contribution is -2.43. The third-order valence-electron chi connectivity index (χ3n) is 3.35. The van der Waals surface area contributed by atoms with Crippen LogP contribution in [0.15, 0.2) is 12.1 Å². The van der Waals surface area contributed by atoms with E-state index >= 15 is 0 Å². The smallest absolute Gasteiger partial charge is 0.152 e. The second kappa shape index (κ2) is 5.82. The number of hydrogen-bond acceptors (Lipinski definition) is 2. The van der Waals surface area contributed by atoms with E-state index in [2.05, 4.69) is 5.32 Å². The van der Waals surface area contributed by atoms with Gasteiger partial charge in [-0.1, -0.05) is 13.8 Å². The van der Waals surface area contributed by atoms with E-state index in [1.165, 1.54) is 0 Å². The number of anilines is 1. The van der Waals surface area contributed by atoms with Gasteiger partial charge in [-0.2, -0.15) is 0 Å². The Bertz CT molecular complexity index is 415. The van der Waals surface area contributed by atoms with Gasteiger partial charge < -0.3 is 10.2 Å². The van der Waals surface area contributed by atoms with Crippen LogP contribution in [-0.2, 0) is 0 Å². The molecule has 0 radical (unpaired) electrons. The molecule has 0 spiro atoms. The Labute approximate surface area is 111 Å². The Kier molecular flexibility index (Phi) is 4.34. The molecule has 0 amide bonds. The normalized spacial score (nSPS) is 25.0. The molecule has 2 nitrogen and oxygen atoms in total. The highest BCUT2D eigenvalue weighted by atomic mass is 19.1. The van der Waals surface area contributed by atoms with Gasteiger partial charge in [0.1, 0.15) is 11.5 Å². The fourth-order valence-electron chi connectivity index (χ4n) is 2.55. The maximum atomic E-state index is 13.8. The Morgan fingerprint density at radius 2 is 1.47 bits per heavy atom. The number of benzene rings is 1. The summed E-state index contributed by atoms with van der Waals surface area (Å²) in [6.07, 6.45) is 0. The zero-order valence-electron chi connectivity index (χ0n) is 11.2. The van der Waals surface area contributed by atoms with Gasteiger partial charge in [0.25, 0.3) is 0 Å². The lowest BCUT2D eigenvalue weighted by Gasteiger charge is -2.33. The van der Waals surface area contributed by atoms with Gasteiger partial charge in [0, 0.05) is 25.2 Å². The molecular weight excluding hydrogens is 253 g/mol. The van der Waals surface area contributed by atoms with Crippen molar-refractivity contribution in [1.82, 2.24) is 5.32 Å². The summed E-state index contributed by atoms with van der Waals surface area (Å²) in [6.45, 7) is 6.77. The predicted molar refractivity (Wildman–Crippen MR) is 69.7 cm³/mol. The minimum atomic E-state index is -0.881. The first-order valence-electron chi connectivity index (χ1n) is 6.57. The van der Waals surface area contributed by atoms with E-state index in [9.17, 15) is 13.2 Å². The Morgan fingerprint density at radius 3 is 1.95 bits per heavy atom. The number of nitrogens with one attached hydrogen (secondary N) is 1. The summed E-state index contributed by atoms with van der Waals surface area (Å²) in [5.74, 6) is -1.99. The first-order chi connectivity index (χ1) is 8.97. The third-order valence-corrected chi connectivity index (χ3v) is 3.35. The van der Waals surface area contributed by atoms with Crippen LogP contribution >= 0.6 is 0 Å². The van der Waals surface area contributed by atoms with Gasteiger partial charge in [0.15, 0.2) is 11.6 Å². The minimum absolute atomic E-state index is 0.109. The quantitative estimate of drug-likeness (QED) is 0.845. The van der Waals surface area contributed by atoms with E-state index in [-0.39, 0.29) is 17.5 Å². The molecule has 0 saturated carbocycles. The van der Waals surface area contributed by atoms with Crippen LogP contribution in [0, 0.1) is 29.3 Å². The predicted octanol–water partition coefficient (Wildman–Crippen LogP) is 2.79. The van der Waals surface area contributed by atoms with Crippen molar-refractivity contribution in [2.45, 2.75) is 13.8 Å². The number of rotatable bonds is 1. The second-order valence-corrected chi connectivity index (χ2v) is 5.49. The van der Waals surface area contributed by atoms with Crippen LogP contribution in [0.3, 0.4) is 0 Å². The van der Waals surface area contributed by atoms with Gasteiger partial charge in [-0.15, -0.1) is 0 Å². The van der Waals surface area contributed by atoms with Crippen LogP contribution in [-0.4, -0.2) is 26.2 Å². The molecule has 1 aromatic carbocycles. The van der Waals surface area contributed by atoms with Gasteiger partial charge in [0.05, 0.1) is 0 Å². The topological polar surface area (TPSA) is 15.3 Å². The van der Waals surface area contributed by atoms with Crippen LogP contribution in [0.2, 0.25) is 0 Å². The number of nitrogens with zero attached hydrogens (tertiary/aromatic N) is 1. The van der Waals surface area contributed by atoms with Crippen LogP contribution < -0.4 is 10.2 Å². The Morgan fingerprint density at radius 1 is 1.00 bits per heavy atom. The first-order valence-corrected chi connectivity index (χ1v) is 6.57. The van der Waals surface area contributed by atoms with E-state index in [0.29, 0.717) is 13.1 Å². The van der Waals surface area contributed by atoms with Gasteiger partial charge in [-0.3, -0.25) is 0 Å². The third kappa shape index (κ3) is 3.41. The summed E-state index contributed by atoms with van der Waals surface area (Å²) >= 11 is 0. The van der Waals surface area contributed by atoms with Crippen LogP contribution in [0.5, 0.6) is 0 Å². The molecule has 0 aromatic heterocycles. The fourth-order valence-corrected chi connectivity index (χ4v) is 2.55. The van der Waals surface area contributed by atoms with Crippen molar-refractivity contribution < 1.29 is 13.2 Å². The number of hydrogen-bond donors (Lipinski definition) is 1. The van der Waals surface area contributed by atoms with Crippen molar-refractivity contribution in [1.29, 1.82) is 0 Å². The lowest BCUT2D eigenvalue weighted by atomic mass is 10.0. The zero-order valence-corrected chi connectivity index (χ0v) is 11.2. The maximum absolute atomic E-state index is 13.8. The molecule has 0 bridgehead atoms. The first kappa shape index (κ1) is 14.2. The molecule has 1 N–H and O–H groups in total. The highest BCUT2D eigenvalue weighted by Gasteiger charge is 2.23. The van der Waals surface area contributed by atoms with Gasteiger partial charge in [-0.25, -0.2) is 13.2 Å². The monoisotopic (exact) mass is 272 g/mol. The molecule has 0 aliphatic carbocycles. The molecular formula is C14H19F3N2. The van der Waals surface area contributed by atoms with Crippen molar-refractivity contribution in [3.8, 4) is 0 Å². The van der Waals surface area contributed by atoms with Gasteiger partial charge in [-0.05, 0) is 24.9 Å². The van der Waals surface area contributed by atoms with Crippen LogP contribution in [0.1, 0.15) is 13.8 Å². The van der Waals surface area contributed by atoms with Crippen molar-refractivity contribution in [3.05, 3.63) is 29.6 Å². The summed E-state index contributed by atoms with van der Waals surface area (Å²) in [7, 11) is 0. The van der Waals surface area contributed by atoms with Crippen molar-refractivity contribution >= 4 is 5.69 Å². The lowest BCUT2D eigenvalue weighted by molar-refractivity contribution is 0.403. The van der Waals surface area contributed by atoms with E-state index in [0.717, 1.165) is 25.2 Å². The molecule has 106 valence electrons. The Hall–Kier alpha value is -1.23. The summed E-state index contributed by atoms with van der Waals surface area (Å²) in [4.78, 5) is 1.69. The zero-order chi connectivity index (χ0) is 14.0. The summed E-state index contributed by atoms with van der Waals surface area (Å²) in [6, 6.07) is 1.48. The van der Waals surface area contributed by atoms with Crippen LogP contribution in [0.4, 0.5) is 18.9 Å².